The van der Waals surface area contributed by atoms with Crippen LogP contribution in [0.3, 0.4) is 0 Å². The average molecular weight is 727 g/mol. The normalized spacial score (nSPS) is 22.0. The quantitative estimate of drug-likeness (QED) is 0.287. The van der Waals surface area contributed by atoms with Crippen molar-refractivity contribution in [2.24, 2.45) is 11.8 Å². The number of fused-ring (bicyclic) bond motifs is 2. The van der Waals surface area contributed by atoms with Crippen LogP contribution in [0.15, 0.2) is 34.9 Å². The van der Waals surface area contributed by atoms with Crippen molar-refractivity contribution in [1.82, 2.24) is 19.8 Å². The second-order valence-electron chi connectivity index (χ2n) is 13.7. The van der Waals surface area contributed by atoms with Crippen LogP contribution < -0.4 is 35.0 Å². The first-order valence-corrected chi connectivity index (χ1v) is 19.9. The predicted octanol–water partition coefficient (Wildman–Crippen LogP) is 5.52. The second-order valence-corrected chi connectivity index (χ2v) is 17.7. The highest BCUT2D eigenvalue weighted by atomic mass is 79.9. The van der Waals surface area contributed by atoms with Gasteiger partial charge in [0.15, 0.2) is 11.5 Å². The minimum absolute atomic E-state index is 0.402. The molecule has 0 unspecified atom stereocenters. The number of likely N-dealkylation sites (tertiary alicyclic amines) is 2. The topological polar surface area (TPSA) is 104 Å². The van der Waals surface area contributed by atoms with Crippen molar-refractivity contribution >= 4 is 57.2 Å². The molecule has 11 nitrogen and oxygen atoms in total. The smallest absolute Gasteiger partial charge is 0.229 e. The van der Waals surface area contributed by atoms with Gasteiger partial charge in [-0.25, -0.2) is 4.98 Å². The third kappa shape index (κ3) is 6.67. The van der Waals surface area contributed by atoms with Gasteiger partial charge in [-0.3, -0.25) is 4.90 Å². The zero-order valence-electron chi connectivity index (χ0n) is 27.9. The number of hydrogen-bond acceptors (Lipinski definition) is 11. The lowest BCUT2D eigenvalue weighted by molar-refractivity contribution is 0.173. The van der Waals surface area contributed by atoms with Crippen molar-refractivity contribution < 1.29 is 18.8 Å². The van der Waals surface area contributed by atoms with E-state index in [1.807, 2.05) is 12.1 Å². The number of rotatable bonds is 8. The molecule has 5 heterocycles. The van der Waals surface area contributed by atoms with Crippen molar-refractivity contribution in [3.8, 4) is 17.2 Å². The van der Waals surface area contributed by atoms with Crippen LogP contribution in [0.25, 0.3) is 0 Å². The Morgan fingerprint density at radius 2 is 1.72 bits per heavy atom. The lowest BCUT2D eigenvalue weighted by Crippen LogP contribution is -2.45. The van der Waals surface area contributed by atoms with Gasteiger partial charge in [0, 0.05) is 63.3 Å². The lowest BCUT2D eigenvalue weighted by Gasteiger charge is -2.39. The first-order valence-electron chi connectivity index (χ1n) is 16.5. The van der Waals surface area contributed by atoms with E-state index in [0.29, 0.717) is 58.0 Å². The van der Waals surface area contributed by atoms with Gasteiger partial charge in [-0.05, 0) is 91.7 Å². The minimum Gasteiger partial charge on any atom is -0.494 e. The molecule has 2 atom stereocenters. The summed E-state index contributed by atoms with van der Waals surface area (Å²) in [5, 5.41) is 7.34. The van der Waals surface area contributed by atoms with Gasteiger partial charge in [-0.1, -0.05) is 0 Å². The minimum atomic E-state index is -2.75. The Hall–Kier alpha value is -3.05. The largest absolute Gasteiger partial charge is 0.494 e. The fourth-order valence-corrected chi connectivity index (χ4v) is 9.48. The van der Waals surface area contributed by atoms with Crippen molar-refractivity contribution in [2.45, 2.75) is 25.8 Å². The van der Waals surface area contributed by atoms with Crippen LogP contribution in [0.2, 0.25) is 0 Å². The average Bonchev–Trinajstić information content (AvgIpc) is 3.60. The third-order valence-electron chi connectivity index (χ3n) is 10.0. The number of benzene rings is 2. The lowest BCUT2D eigenvalue weighted by atomic mass is 10.0. The Morgan fingerprint density at radius 3 is 2.43 bits per heavy atom. The molecule has 0 bridgehead atoms. The number of nitrogens with one attached hydrogen (secondary N) is 2. The molecule has 3 fully saturated rings. The fourth-order valence-electron chi connectivity index (χ4n) is 7.82. The highest BCUT2D eigenvalue weighted by Gasteiger charge is 2.41. The summed E-state index contributed by atoms with van der Waals surface area (Å²) in [6.07, 6.45) is 4.07. The maximum absolute atomic E-state index is 13.4. The number of hydrogen-bond donors (Lipinski definition) is 2. The molecule has 47 heavy (non-hydrogen) atoms. The van der Waals surface area contributed by atoms with Crippen LogP contribution in [0.5, 0.6) is 17.2 Å². The van der Waals surface area contributed by atoms with Crippen LogP contribution in [-0.2, 0) is 4.57 Å². The molecular weight excluding hydrogens is 681 g/mol. The molecule has 7 rings (SSSR count). The Labute approximate surface area is 285 Å². The predicted molar refractivity (Wildman–Crippen MR) is 192 cm³/mol. The molecule has 0 aliphatic carbocycles. The summed E-state index contributed by atoms with van der Waals surface area (Å²) in [5.41, 5.74) is 3.81. The fraction of sp³-hybridized carbons (Fsp3) is 0.529. The van der Waals surface area contributed by atoms with Gasteiger partial charge in [0.05, 0.1) is 28.3 Å². The van der Waals surface area contributed by atoms with E-state index in [1.54, 1.807) is 26.6 Å². The molecule has 0 spiro atoms. The number of halogens is 1. The van der Waals surface area contributed by atoms with Crippen LogP contribution in [0.1, 0.15) is 18.4 Å². The van der Waals surface area contributed by atoms with Crippen LogP contribution in [-0.4, -0.2) is 106 Å². The van der Waals surface area contributed by atoms with E-state index in [2.05, 4.69) is 72.4 Å². The maximum atomic E-state index is 13.4. The molecule has 252 valence electrons. The Morgan fingerprint density at radius 1 is 1.00 bits per heavy atom. The van der Waals surface area contributed by atoms with E-state index in [1.165, 1.54) is 50.3 Å². The Balaban J connectivity index is 1.06. The summed E-state index contributed by atoms with van der Waals surface area (Å²) in [5.74, 6) is 4.48. The summed E-state index contributed by atoms with van der Waals surface area (Å²) in [6.45, 7) is 13.6. The van der Waals surface area contributed by atoms with Gasteiger partial charge in [-0.2, -0.15) is 4.98 Å². The number of ether oxygens (including phenoxy) is 3. The van der Waals surface area contributed by atoms with Gasteiger partial charge in [-0.15, -0.1) is 0 Å². The summed E-state index contributed by atoms with van der Waals surface area (Å²) in [7, 11) is 1.21. The van der Waals surface area contributed by atoms with Crippen LogP contribution in [0, 0.1) is 18.8 Å². The highest BCUT2D eigenvalue weighted by molar-refractivity contribution is 9.10. The molecule has 3 aromatic rings. The molecule has 2 aromatic carbocycles. The number of nitrogens with zero attached hydrogens (tertiary/aromatic N) is 5. The molecular formula is C34H45BrN7O4P. The number of piperidine rings is 1. The van der Waals surface area contributed by atoms with Gasteiger partial charge in [0.2, 0.25) is 5.95 Å². The SMILES string of the molecule is COc1cc(N2CCC(N3C[C@H]4CN(C)C[C@H]4C3)CC2)c(C)cc1Nc1ncc(Br)c(Nc2ccc3c(c2P(C)(C)=O)OCCO3)n1. The molecule has 0 radical (unpaired) electrons. The summed E-state index contributed by atoms with van der Waals surface area (Å²) in [4.78, 5) is 17.1. The molecule has 3 saturated heterocycles. The van der Waals surface area contributed by atoms with Gasteiger partial charge >= 0.3 is 0 Å². The number of aryl methyl sites for hydroxylation is 1. The first kappa shape index (κ1) is 32.5. The van der Waals surface area contributed by atoms with Crippen molar-refractivity contribution in [3.63, 3.8) is 0 Å². The Bertz CT molecular complexity index is 1680. The number of aromatic nitrogens is 2. The van der Waals surface area contributed by atoms with Crippen LogP contribution in [0.4, 0.5) is 28.8 Å². The van der Waals surface area contributed by atoms with E-state index >= 15 is 0 Å². The molecule has 13 heteroatoms. The van der Waals surface area contributed by atoms with Crippen molar-refractivity contribution in [3.05, 3.63) is 40.5 Å². The van der Waals surface area contributed by atoms with Crippen molar-refractivity contribution in [1.29, 1.82) is 0 Å². The number of anilines is 5. The molecule has 4 aliphatic heterocycles. The second kappa shape index (κ2) is 13.1. The standard InChI is InChI=1S/C34H45BrN7O4P/c1-21-14-27(30(44-3)15-28(21)41-10-8-24(9-11-41)42-19-22-17-40(2)18-23(22)20-42)38-34-36-16-25(35)33(39-34)37-26-6-7-29-31(46-13-12-45-29)32(26)47(4,5)43/h6-7,14-16,22-24H,8-13,17-20H2,1-5H3,(H2,36,37,38,39)/t22-,23+. The van der Waals surface area contributed by atoms with E-state index < -0.39 is 7.14 Å². The van der Waals surface area contributed by atoms with E-state index in [-0.39, 0.29) is 0 Å². The van der Waals surface area contributed by atoms with E-state index in [4.69, 9.17) is 19.2 Å². The first-order chi connectivity index (χ1) is 22.6. The number of methoxy groups -OCH3 is 1. The summed E-state index contributed by atoms with van der Waals surface area (Å²) >= 11 is 3.58. The summed E-state index contributed by atoms with van der Waals surface area (Å²) < 4.78 is 31.6. The highest BCUT2D eigenvalue weighted by Crippen LogP contribution is 2.47. The zero-order valence-corrected chi connectivity index (χ0v) is 30.4. The van der Waals surface area contributed by atoms with Crippen LogP contribution >= 0.6 is 23.1 Å². The third-order valence-corrected chi connectivity index (χ3v) is 12.1. The monoisotopic (exact) mass is 725 g/mol. The van der Waals surface area contributed by atoms with Gasteiger partial charge < -0.3 is 39.2 Å². The molecule has 0 amide bonds. The molecule has 4 aliphatic rings. The molecule has 1 aromatic heterocycles. The molecule has 2 N–H and O–H groups in total. The molecule has 0 saturated carbocycles. The maximum Gasteiger partial charge on any atom is 0.229 e. The van der Waals surface area contributed by atoms with Gasteiger partial charge in [0.25, 0.3) is 0 Å². The zero-order chi connectivity index (χ0) is 32.9. The Kier molecular flexibility index (Phi) is 9.06. The van der Waals surface area contributed by atoms with Gasteiger partial charge in [0.1, 0.15) is 31.9 Å². The van der Waals surface area contributed by atoms with E-state index in [0.717, 1.165) is 36.4 Å². The van der Waals surface area contributed by atoms with E-state index in [9.17, 15) is 4.57 Å². The van der Waals surface area contributed by atoms with Crippen molar-refractivity contribution in [2.75, 3.05) is 95.5 Å². The summed E-state index contributed by atoms with van der Waals surface area (Å²) in [6, 6.07) is 8.61.